The zero-order valence-electron chi connectivity index (χ0n) is 11.2. The molecule has 104 valence electrons. The molecule has 0 aliphatic carbocycles. The molecule has 0 saturated carbocycles. The van der Waals surface area contributed by atoms with Crippen LogP contribution in [0.5, 0.6) is 0 Å². The van der Waals surface area contributed by atoms with Gasteiger partial charge < -0.3 is 10.6 Å². The minimum atomic E-state index is 0.0937. The molecule has 2 rings (SSSR count). The van der Waals surface area contributed by atoms with E-state index in [9.17, 15) is 4.79 Å². The molecule has 2 saturated heterocycles. The Kier molecular flexibility index (Phi) is 5.41. The Balaban J connectivity index is 1.75. The summed E-state index contributed by atoms with van der Waals surface area (Å²) in [4.78, 5) is 14.0. The van der Waals surface area contributed by atoms with Gasteiger partial charge in [0.05, 0.1) is 0 Å². The highest BCUT2D eigenvalue weighted by molar-refractivity contribution is 5.77. The van der Waals surface area contributed by atoms with Crippen molar-refractivity contribution in [1.82, 2.24) is 15.3 Å². The fourth-order valence-corrected chi connectivity index (χ4v) is 2.77. The van der Waals surface area contributed by atoms with Crippen molar-refractivity contribution in [2.75, 3.05) is 32.7 Å². The van der Waals surface area contributed by atoms with Crippen LogP contribution in [0.25, 0.3) is 0 Å². The molecule has 0 aromatic rings. The third-order valence-electron chi connectivity index (χ3n) is 3.89. The molecule has 0 aromatic carbocycles. The van der Waals surface area contributed by atoms with E-state index in [1.807, 2.05) is 4.90 Å². The summed E-state index contributed by atoms with van der Waals surface area (Å²) in [5.41, 5.74) is 9.20. The minimum Gasteiger partial charge on any atom is -0.343 e. The molecule has 2 aliphatic heterocycles. The zero-order valence-corrected chi connectivity index (χ0v) is 11.2. The summed E-state index contributed by atoms with van der Waals surface area (Å²) in [5.74, 6) is 0.257. The van der Waals surface area contributed by atoms with Crippen LogP contribution in [0.1, 0.15) is 38.5 Å². The second kappa shape index (κ2) is 7.07. The SMILES string of the molecule is NCC(CC(=O)N1CCCC1)NN1CCCCC1. The van der Waals surface area contributed by atoms with Crippen molar-refractivity contribution in [3.63, 3.8) is 0 Å². The highest BCUT2D eigenvalue weighted by Gasteiger charge is 2.22. The number of carbonyl (C=O) groups is 1. The van der Waals surface area contributed by atoms with E-state index in [0.29, 0.717) is 13.0 Å². The number of likely N-dealkylation sites (tertiary alicyclic amines) is 1. The maximum absolute atomic E-state index is 12.1. The Bertz CT molecular complexity index is 260. The fraction of sp³-hybridized carbons (Fsp3) is 0.923. The van der Waals surface area contributed by atoms with Crippen LogP contribution in [0.3, 0.4) is 0 Å². The molecule has 1 amide bonds. The molecule has 2 fully saturated rings. The number of nitrogens with zero attached hydrogens (tertiary/aromatic N) is 2. The molecule has 2 aliphatic rings. The maximum atomic E-state index is 12.1. The summed E-state index contributed by atoms with van der Waals surface area (Å²) in [7, 11) is 0. The average Bonchev–Trinajstić information content (AvgIpc) is 2.93. The molecule has 1 unspecified atom stereocenters. The van der Waals surface area contributed by atoms with Crippen LogP contribution in [0.15, 0.2) is 0 Å². The van der Waals surface area contributed by atoms with Gasteiger partial charge >= 0.3 is 0 Å². The van der Waals surface area contributed by atoms with E-state index in [-0.39, 0.29) is 11.9 Å². The monoisotopic (exact) mass is 254 g/mol. The van der Waals surface area contributed by atoms with Crippen LogP contribution in [0, 0.1) is 0 Å². The summed E-state index contributed by atoms with van der Waals surface area (Å²) in [6.45, 7) is 4.54. The first kappa shape index (κ1) is 13.8. The van der Waals surface area contributed by atoms with E-state index >= 15 is 0 Å². The number of hydrogen-bond acceptors (Lipinski definition) is 4. The average molecular weight is 254 g/mol. The number of amides is 1. The zero-order chi connectivity index (χ0) is 12.8. The highest BCUT2D eigenvalue weighted by Crippen LogP contribution is 2.11. The van der Waals surface area contributed by atoms with Gasteiger partial charge in [-0.15, -0.1) is 0 Å². The molecule has 0 bridgehead atoms. The lowest BCUT2D eigenvalue weighted by molar-refractivity contribution is -0.131. The largest absolute Gasteiger partial charge is 0.343 e. The summed E-state index contributed by atoms with van der Waals surface area (Å²) in [5, 5.41) is 2.23. The predicted octanol–water partition coefficient (Wildman–Crippen LogP) is 0.317. The van der Waals surface area contributed by atoms with Gasteiger partial charge in [-0.05, 0) is 25.7 Å². The first-order valence-electron chi connectivity index (χ1n) is 7.28. The maximum Gasteiger partial charge on any atom is 0.224 e. The molecule has 2 heterocycles. The molecule has 5 nitrogen and oxygen atoms in total. The van der Waals surface area contributed by atoms with Crippen LogP contribution in [-0.4, -0.2) is 54.6 Å². The standard InChI is InChI=1S/C13H26N4O/c14-11-12(15-17-8-2-1-3-9-17)10-13(18)16-6-4-5-7-16/h12,15H,1-11,14H2. The van der Waals surface area contributed by atoms with Crippen molar-refractivity contribution in [1.29, 1.82) is 0 Å². The molecule has 3 N–H and O–H groups in total. The molecular formula is C13H26N4O. The first-order chi connectivity index (χ1) is 8.79. The number of carbonyl (C=O) groups excluding carboxylic acids is 1. The summed E-state index contributed by atoms with van der Waals surface area (Å²) < 4.78 is 0. The van der Waals surface area contributed by atoms with Gasteiger partial charge in [0.2, 0.25) is 5.91 Å². The molecular weight excluding hydrogens is 228 g/mol. The van der Waals surface area contributed by atoms with Gasteiger partial charge in [-0.3, -0.25) is 10.2 Å². The van der Waals surface area contributed by atoms with Gasteiger partial charge in [-0.1, -0.05) is 6.42 Å². The van der Waals surface area contributed by atoms with E-state index in [0.717, 1.165) is 39.0 Å². The van der Waals surface area contributed by atoms with Gasteiger partial charge in [0.25, 0.3) is 0 Å². The predicted molar refractivity (Wildman–Crippen MR) is 71.8 cm³/mol. The second-order valence-electron chi connectivity index (χ2n) is 5.40. The Morgan fingerprint density at radius 3 is 2.28 bits per heavy atom. The second-order valence-corrected chi connectivity index (χ2v) is 5.40. The number of nitrogens with two attached hydrogens (primary N) is 1. The van der Waals surface area contributed by atoms with E-state index in [2.05, 4.69) is 10.4 Å². The lowest BCUT2D eigenvalue weighted by atomic mass is 10.1. The van der Waals surface area contributed by atoms with Crippen molar-refractivity contribution in [3.05, 3.63) is 0 Å². The Morgan fingerprint density at radius 2 is 1.67 bits per heavy atom. The van der Waals surface area contributed by atoms with Crippen LogP contribution in [-0.2, 0) is 4.79 Å². The number of rotatable bonds is 5. The van der Waals surface area contributed by atoms with Crippen LogP contribution >= 0.6 is 0 Å². The highest BCUT2D eigenvalue weighted by atomic mass is 16.2. The fourth-order valence-electron chi connectivity index (χ4n) is 2.77. The van der Waals surface area contributed by atoms with E-state index < -0.39 is 0 Å². The molecule has 0 radical (unpaired) electrons. The summed E-state index contributed by atoms with van der Waals surface area (Å²) >= 11 is 0. The van der Waals surface area contributed by atoms with Crippen LogP contribution < -0.4 is 11.2 Å². The van der Waals surface area contributed by atoms with Crippen molar-refractivity contribution >= 4 is 5.91 Å². The van der Waals surface area contributed by atoms with Gasteiger partial charge in [-0.25, -0.2) is 5.01 Å². The van der Waals surface area contributed by atoms with Gasteiger partial charge in [-0.2, -0.15) is 0 Å². The first-order valence-corrected chi connectivity index (χ1v) is 7.28. The minimum absolute atomic E-state index is 0.0937. The van der Waals surface area contributed by atoms with Crippen molar-refractivity contribution in [3.8, 4) is 0 Å². The third kappa shape index (κ3) is 3.93. The number of piperidine rings is 1. The van der Waals surface area contributed by atoms with E-state index in [4.69, 9.17) is 5.73 Å². The smallest absolute Gasteiger partial charge is 0.224 e. The Morgan fingerprint density at radius 1 is 1.06 bits per heavy atom. The van der Waals surface area contributed by atoms with Crippen LogP contribution in [0.4, 0.5) is 0 Å². The number of nitrogens with one attached hydrogen (secondary N) is 1. The lowest BCUT2D eigenvalue weighted by Gasteiger charge is -2.31. The Hall–Kier alpha value is -0.650. The molecule has 5 heteroatoms. The molecule has 18 heavy (non-hydrogen) atoms. The third-order valence-corrected chi connectivity index (χ3v) is 3.89. The topological polar surface area (TPSA) is 61.6 Å². The number of hydrogen-bond donors (Lipinski definition) is 2. The van der Waals surface area contributed by atoms with E-state index in [1.54, 1.807) is 0 Å². The Labute approximate surface area is 110 Å². The number of hydrazine groups is 1. The summed E-state index contributed by atoms with van der Waals surface area (Å²) in [6.07, 6.45) is 6.64. The van der Waals surface area contributed by atoms with Crippen molar-refractivity contribution < 1.29 is 4.79 Å². The normalized spacial score (nSPS) is 23.3. The molecule has 1 atom stereocenters. The molecule has 0 spiro atoms. The summed E-state index contributed by atoms with van der Waals surface area (Å²) in [6, 6.07) is 0.0937. The van der Waals surface area contributed by atoms with Crippen molar-refractivity contribution in [2.45, 2.75) is 44.6 Å². The van der Waals surface area contributed by atoms with E-state index in [1.165, 1.54) is 19.3 Å². The van der Waals surface area contributed by atoms with Gasteiger partial charge in [0.1, 0.15) is 0 Å². The lowest BCUT2D eigenvalue weighted by Crippen LogP contribution is -2.51. The van der Waals surface area contributed by atoms with Crippen molar-refractivity contribution in [2.24, 2.45) is 5.73 Å². The van der Waals surface area contributed by atoms with Crippen LogP contribution in [0.2, 0.25) is 0 Å². The van der Waals surface area contributed by atoms with Gasteiger partial charge in [0.15, 0.2) is 0 Å². The van der Waals surface area contributed by atoms with Gasteiger partial charge in [0, 0.05) is 45.2 Å². The molecule has 0 aromatic heterocycles. The quantitative estimate of drug-likeness (QED) is 0.741.